The minimum atomic E-state index is -5.51. The largest absolute Gasteiger partial charge is 0.147 e. The Hall–Kier alpha value is 0.940. The topological polar surface area (TPSA) is 0 Å². The first-order valence-electron chi connectivity index (χ1n) is 8.65. The van der Waals surface area contributed by atoms with Crippen LogP contribution in [0.5, 0.6) is 0 Å². The van der Waals surface area contributed by atoms with Crippen LogP contribution in [0.25, 0.3) is 0 Å². The van der Waals surface area contributed by atoms with Gasteiger partial charge in [0, 0.05) is 0 Å². The molecule has 2 rings (SSSR count). The second-order valence-corrected chi connectivity index (χ2v) is 144. The molecule has 138 valence electrons. The van der Waals surface area contributed by atoms with E-state index < -0.39 is 16.4 Å². The zero-order valence-electron chi connectivity index (χ0n) is 16.6. The van der Waals surface area contributed by atoms with Gasteiger partial charge in [-0.3, -0.25) is 0 Å². The zero-order valence-corrected chi connectivity index (χ0v) is 22.8. The van der Waals surface area contributed by atoms with Crippen LogP contribution in [0.4, 0.5) is 0 Å². The molecule has 1 aromatic heterocycles. The first-order chi connectivity index (χ1) is 8.55. The summed E-state index contributed by atoms with van der Waals surface area (Å²) in [6.07, 6.45) is 8.21. The van der Waals surface area contributed by atoms with Gasteiger partial charge >= 0.3 is 119 Å². The Kier molecular flexibility index (Phi) is 2.90. The van der Waals surface area contributed by atoms with Crippen molar-refractivity contribution in [3.05, 3.63) is 39.4 Å². The monoisotopic (exact) mass is 474 g/mol. The van der Waals surface area contributed by atoms with Gasteiger partial charge in [-0.2, -0.15) is 0 Å². The van der Waals surface area contributed by atoms with Gasteiger partial charge in [0.25, 0.3) is 0 Å². The van der Waals surface area contributed by atoms with Crippen molar-refractivity contribution in [1.82, 2.24) is 0 Å². The Morgan fingerprint density at radius 3 is 1.78 bits per heavy atom. The molecule has 1 heterocycles. The van der Waals surface area contributed by atoms with E-state index in [-0.39, 0.29) is 24.8 Å². The van der Waals surface area contributed by atoms with Crippen LogP contribution < -0.4 is 3.00 Å². The van der Waals surface area contributed by atoms with E-state index in [4.69, 9.17) is 0 Å². The van der Waals surface area contributed by atoms with E-state index >= 15 is 0 Å². The number of rotatable bonds is 3. The average Bonchev–Trinajstić information content (AvgIpc) is 2.91. The second-order valence-electron chi connectivity index (χ2n) is 20.0. The van der Waals surface area contributed by atoms with Crippen molar-refractivity contribution in [1.29, 1.82) is 0 Å². The summed E-state index contributed by atoms with van der Waals surface area (Å²) >= 11 is 0. The Bertz CT molecular complexity index is 820. The molecule has 0 fully saturated rings. The third kappa shape index (κ3) is 2.12. The van der Waals surface area contributed by atoms with E-state index in [9.17, 15) is 0 Å². The van der Waals surface area contributed by atoms with Gasteiger partial charge in [0.05, 0.1) is 0 Å². The summed E-state index contributed by atoms with van der Waals surface area (Å²) in [6, 6.07) is 4.77. The van der Waals surface area contributed by atoms with Gasteiger partial charge in [0.1, 0.15) is 0 Å². The molecule has 0 aliphatic heterocycles. The third-order valence-electron chi connectivity index (χ3n) is 10.8. The van der Waals surface area contributed by atoms with Gasteiger partial charge in [-0.15, -0.1) is 24.8 Å². The van der Waals surface area contributed by atoms with E-state index in [2.05, 4.69) is 81.7 Å². The predicted octanol–water partition coefficient (Wildman–Crippen LogP) is 7.72. The molecule has 1 aliphatic carbocycles. The van der Waals surface area contributed by atoms with Gasteiger partial charge in [0.2, 0.25) is 0 Å². The number of hydrogen-bond acceptors (Lipinski definition) is 0. The van der Waals surface area contributed by atoms with Gasteiger partial charge in [-0.05, 0) is 0 Å². The molecule has 5 heteroatoms. The molecular formula is C18H39Cl2PSiZr. The van der Waals surface area contributed by atoms with Gasteiger partial charge in [-0.25, -0.2) is 0 Å². The molecule has 23 heavy (non-hydrogen) atoms. The minimum absolute atomic E-state index is 0. The SMILES string of the molecule is C[SiH](C)[Zr]([CH3])([CH3])([CH3])([CH3])([CH3])([CH3])([CH3])([C]1=CC=CC1)[c]1ccc[pH]1.Cl.Cl. The maximum atomic E-state index is 2.74. The molecule has 0 nitrogen and oxygen atoms in total. The summed E-state index contributed by atoms with van der Waals surface area (Å²) in [6.45, 7) is 5.19. The van der Waals surface area contributed by atoms with E-state index in [0.29, 0.717) is 0 Å². The van der Waals surface area contributed by atoms with Gasteiger partial charge in [-0.1, -0.05) is 0 Å². The van der Waals surface area contributed by atoms with Crippen LogP contribution in [-0.2, 0) is 10.5 Å². The summed E-state index contributed by atoms with van der Waals surface area (Å²) < 4.78 is 22.6. The normalized spacial score (nSPS) is 27.0. The third-order valence-corrected chi connectivity index (χ3v) is 132. The first kappa shape index (κ1) is 23.9. The second kappa shape index (κ2) is 2.79. The Balaban J connectivity index is 0.00000242. The molecule has 1 atom stereocenters. The number of allylic oxidation sites excluding steroid dienone is 4. The smallest absolute Gasteiger partial charge is 0.147 e. The molecule has 0 saturated carbocycles. The number of halogens is 2. The standard InChI is InChI=1S/C5H5.C4H4P.C2H7Si.7CH3.2ClH.Zr/c2*1-2-4-5-3-1;1-3-2;;;;;;;;;;/h1-3H,4H2;1-3,5H;3H,1-2H3;7*1H3;2*1H;. The van der Waals surface area contributed by atoms with E-state index in [0.717, 1.165) is 14.6 Å². The van der Waals surface area contributed by atoms with Crippen molar-refractivity contribution in [3.8, 4) is 0 Å². The molecule has 0 spiro atoms. The maximum Gasteiger partial charge on any atom is -0.147 e. The van der Waals surface area contributed by atoms with Crippen LogP contribution in [-0.4, -0.2) is 5.92 Å². The van der Waals surface area contributed by atoms with Crippen LogP contribution in [0.15, 0.2) is 39.4 Å². The van der Waals surface area contributed by atoms with Crippen LogP contribution in [0.2, 0.25) is 45.5 Å². The predicted molar refractivity (Wildman–Crippen MR) is 122 cm³/mol. The van der Waals surface area contributed by atoms with Crippen molar-refractivity contribution in [2.75, 3.05) is 0 Å². The van der Waals surface area contributed by atoms with Crippen molar-refractivity contribution >= 4 is 41.9 Å². The molecule has 0 N–H and O–H groups in total. The van der Waals surface area contributed by atoms with Crippen LogP contribution >= 0.6 is 33.0 Å². The maximum absolute atomic E-state index is 5.51. The number of hydrogen-bond donors (Lipinski definition) is 0. The fourth-order valence-electron chi connectivity index (χ4n) is 4.39. The molecule has 0 saturated heterocycles. The fourth-order valence-corrected chi connectivity index (χ4v) is 48.4. The molecule has 1 aliphatic rings. The van der Waals surface area contributed by atoms with E-state index in [1.807, 2.05) is 0 Å². The van der Waals surface area contributed by atoms with Gasteiger partial charge in [0.15, 0.2) is 0 Å². The Morgan fingerprint density at radius 2 is 1.48 bits per heavy atom. The quantitative estimate of drug-likeness (QED) is 0.392. The van der Waals surface area contributed by atoms with Crippen molar-refractivity contribution in [2.24, 2.45) is 0 Å². The molecule has 0 bridgehead atoms. The minimum Gasteiger partial charge on any atom is -0.147 e. The van der Waals surface area contributed by atoms with Crippen molar-refractivity contribution in [2.45, 2.75) is 51.9 Å². The molecule has 0 radical (unpaired) electrons. The van der Waals surface area contributed by atoms with Crippen LogP contribution in [0.3, 0.4) is 0 Å². The molecule has 1 aromatic rings. The fraction of sp³-hybridized carbons (Fsp3) is 0.556. The molecule has 0 amide bonds. The Morgan fingerprint density at radius 1 is 0.957 bits per heavy atom. The van der Waals surface area contributed by atoms with Gasteiger partial charge < -0.3 is 0 Å². The van der Waals surface area contributed by atoms with E-state index in [1.54, 1.807) is 6.28 Å². The first-order valence-corrected chi connectivity index (χ1v) is 36.5. The summed E-state index contributed by atoms with van der Waals surface area (Å²) in [7, 11) is -4.70. The molecule has 1 unspecified atom stereocenters. The zero-order chi connectivity index (χ0) is 16.7. The average molecular weight is 477 g/mol. The van der Waals surface area contributed by atoms with Crippen molar-refractivity contribution in [3.63, 3.8) is 0 Å². The van der Waals surface area contributed by atoms with Crippen LogP contribution in [0.1, 0.15) is 6.42 Å². The summed E-state index contributed by atoms with van der Waals surface area (Å²) in [5.41, 5.74) is 0. The summed E-state index contributed by atoms with van der Waals surface area (Å²) in [5.74, 6) is 1.12. The summed E-state index contributed by atoms with van der Waals surface area (Å²) in [5, 5.41) is 0. The Labute approximate surface area is 142 Å². The van der Waals surface area contributed by atoms with Crippen molar-refractivity contribution < 1.29 is 10.5 Å². The van der Waals surface area contributed by atoms with E-state index in [1.165, 1.54) is 0 Å². The summed E-state index contributed by atoms with van der Waals surface area (Å²) in [4.78, 5) is 0. The van der Waals surface area contributed by atoms with Crippen LogP contribution in [0, 0.1) is 0 Å². The molecular weight excluding hydrogens is 437 g/mol. The molecule has 0 aromatic carbocycles.